The molecule has 2 rings (SSSR count). The first-order valence-corrected chi connectivity index (χ1v) is 6.96. The van der Waals surface area contributed by atoms with Crippen molar-refractivity contribution >= 4 is 40.1 Å². The number of ether oxygens (including phenoxy) is 1. The van der Waals surface area contributed by atoms with Crippen molar-refractivity contribution < 1.29 is 9.53 Å². The molecule has 1 fully saturated rings. The van der Waals surface area contributed by atoms with Crippen LogP contribution in [0.5, 0.6) is 0 Å². The number of carbonyl (C=O) groups is 1. The summed E-state index contributed by atoms with van der Waals surface area (Å²) in [7, 11) is 0. The van der Waals surface area contributed by atoms with Crippen molar-refractivity contribution in [3.05, 3.63) is 32.4 Å². The Hall–Kier alpha value is -0.330. The number of amides is 1. The van der Waals surface area contributed by atoms with Crippen molar-refractivity contribution in [2.75, 3.05) is 13.2 Å². The summed E-state index contributed by atoms with van der Waals surface area (Å²) in [6, 6.07) is 5.53. The summed E-state index contributed by atoms with van der Waals surface area (Å²) in [5.41, 5.74) is 0.658. The van der Waals surface area contributed by atoms with Crippen molar-refractivity contribution in [3.63, 3.8) is 0 Å². The van der Waals surface area contributed by atoms with Crippen molar-refractivity contribution in [2.45, 2.75) is 18.9 Å². The van der Waals surface area contributed by atoms with Crippen LogP contribution in [-0.4, -0.2) is 25.2 Å². The lowest BCUT2D eigenvalue weighted by Gasteiger charge is -2.23. The average molecular weight is 366 g/mol. The lowest BCUT2D eigenvalue weighted by atomic mass is 10.1. The molecule has 5 heteroatoms. The van der Waals surface area contributed by atoms with Gasteiger partial charge in [0.25, 0.3) is 5.91 Å². The van der Waals surface area contributed by atoms with Crippen molar-refractivity contribution in [1.29, 1.82) is 0 Å². The standard InChI is InChI=1S/C12H13ClINO2/c13-10-2-1-8(7-11(10)14)12(16)15-9-3-5-17-6-4-9/h1-2,7,9H,3-6H2,(H,15,16). The minimum absolute atomic E-state index is 0.0357. The van der Waals surface area contributed by atoms with Crippen LogP contribution in [0.15, 0.2) is 18.2 Å². The third kappa shape index (κ3) is 3.56. The fourth-order valence-corrected chi connectivity index (χ4v) is 2.38. The lowest BCUT2D eigenvalue weighted by molar-refractivity contribution is 0.0696. The Morgan fingerprint density at radius 1 is 1.41 bits per heavy atom. The van der Waals surface area contributed by atoms with Gasteiger partial charge in [0.05, 0.1) is 5.02 Å². The first kappa shape index (κ1) is 13.1. The fourth-order valence-electron chi connectivity index (χ4n) is 1.75. The molecule has 0 radical (unpaired) electrons. The molecule has 0 aromatic heterocycles. The zero-order valence-corrected chi connectivity index (χ0v) is 12.1. The Balaban J connectivity index is 2.01. The normalized spacial score (nSPS) is 16.8. The summed E-state index contributed by atoms with van der Waals surface area (Å²) in [6.45, 7) is 1.45. The van der Waals surface area contributed by atoms with E-state index in [2.05, 4.69) is 27.9 Å². The van der Waals surface area contributed by atoms with Crippen LogP contribution in [0.2, 0.25) is 5.02 Å². The van der Waals surface area contributed by atoms with E-state index in [1.807, 2.05) is 0 Å². The second kappa shape index (κ2) is 6.02. The van der Waals surface area contributed by atoms with Crippen molar-refractivity contribution in [3.8, 4) is 0 Å². The van der Waals surface area contributed by atoms with E-state index >= 15 is 0 Å². The van der Waals surface area contributed by atoms with Crippen LogP contribution in [0.4, 0.5) is 0 Å². The molecule has 1 aliphatic rings. The molecule has 0 aliphatic carbocycles. The molecule has 0 saturated carbocycles. The molecule has 0 bridgehead atoms. The zero-order chi connectivity index (χ0) is 12.3. The van der Waals surface area contributed by atoms with E-state index in [0.717, 1.165) is 29.6 Å². The first-order valence-electron chi connectivity index (χ1n) is 5.50. The molecule has 1 saturated heterocycles. The van der Waals surface area contributed by atoms with Gasteiger partial charge >= 0.3 is 0 Å². The molecule has 1 amide bonds. The summed E-state index contributed by atoms with van der Waals surface area (Å²) in [5.74, 6) is -0.0357. The van der Waals surface area contributed by atoms with Gasteiger partial charge in [-0.1, -0.05) is 11.6 Å². The van der Waals surface area contributed by atoms with Crippen LogP contribution >= 0.6 is 34.2 Å². The van der Waals surface area contributed by atoms with Crippen LogP contribution in [0.3, 0.4) is 0 Å². The molecule has 1 aliphatic heterocycles. The van der Waals surface area contributed by atoms with E-state index < -0.39 is 0 Å². The first-order chi connectivity index (χ1) is 8.16. The van der Waals surface area contributed by atoms with Gasteiger partial charge in [0, 0.05) is 28.4 Å². The van der Waals surface area contributed by atoms with E-state index in [1.54, 1.807) is 18.2 Å². The Labute approximate surface area is 119 Å². The third-order valence-corrected chi connectivity index (χ3v) is 4.28. The molecule has 92 valence electrons. The van der Waals surface area contributed by atoms with Gasteiger partial charge in [-0.3, -0.25) is 4.79 Å². The molecular formula is C12H13ClINO2. The summed E-state index contributed by atoms with van der Waals surface area (Å²) in [4.78, 5) is 12.0. The molecule has 1 heterocycles. The number of nitrogens with one attached hydrogen (secondary N) is 1. The number of hydrogen-bond acceptors (Lipinski definition) is 2. The highest BCUT2D eigenvalue weighted by Gasteiger charge is 2.17. The second-order valence-corrected chi connectivity index (χ2v) is 5.56. The largest absolute Gasteiger partial charge is 0.381 e. The maximum atomic E-state index is 12.0. The SMILES string of the molecule is O=C(NC1CCOCC1)c1ccc(Cl)c(I)c1. The van der Waals surface area contributed by atoms with E-state index in [9.17, 15) is 4.79 Å². The average Bonchev–Trinajstić information content (AvgIpc) is 2.34. The maximum absolute atomic E-state index is 12.0. The molecule has 17 heavy (non-hydrogen) atoms. The highest BCUT2D eigenvalue weighted by Crippen LogP contribution is 2.19. The van der Waals surface area contributed by atoms with Crippen LogP contribution in [0.1, 0.15) is 23.2 Å². The molecule has 0 atom stereocenters. The molecular weight excluding hydrogens is 352 g/mol. The Bertz CT molecular complexity index is 419. The number of hydrogen-bond donors (Lipinski definition) is 1. The lowest BCUT2D eigenvalue weighted by Crippen LogP contribution is -2.38. The zero-order valence-electron chi connectivity index (χ0n) is 9.21. The second-order valence-electron chi connectivity index (χ2n) is 3.99. The fraction of sp³-hybridized carbons (Fsp3) is 0.417. The Kier molecular flexibility index (Phi) is 4.64. The van der Waals surface area contributed by atoms with E-state index in [0.29, 0.717) is 10.6 Å². The highest BCUT2D eigenvalue weighted by molar-refractivity contribution is 14.1. The molecule has 3 nitrogen and oxygen atoms in total. The quantitative estimate of drug-likeness (QED) is 0.819. The predicted molar refractivity (Wildman–Crippen MR) is 75.5 cm³/mol. The molecule has 0 spiro atoms. The number of rotatable bonds is 2. The smallest absolute Gasteiger partial charge is 0.251 e. The van der Waals surface area contributed by atoms with E-state index in [1.165, 1.54) is 0 Å². The molecule has 1 aromatic rings. The summed E-state index contributed by atoms with van der Waals surface area (Å²) >= 11 is 8.04. The monoisotopic (exact) mass is 365 g/mol. The van der Waals surface area contributed by atoms with Crippen molar-refractivity contribution in [1.82, 2.24) is 5.32 Å². The van der Waals surface area contributed by atoms with Crippen LogP contribution in [-0.2, 0) is 4.74 Å². The maximum Gasteiger partial charge on any atom is 0.251 e. The topological polar surface area (TPSA) is 38.3 Å². The van der Waals surface area contributed by atoms with Gasteiger partial charge in [0.1, 0.15) is 0 Å². The predicted octanol–water partition coefficient (Wildman–Crippen LogP) is 2.85. The number of carbonyl (C=O) groups excluding carboxylic acids is 1. The van der Waals surface area contributed by atoms with Gasteiger partial charge in [-0.05, 0) is 53.6 Å². The summed E-state index contributed by atoms with van der Waals surface area (Å²) in [5, 5.41) is 3.69. The van der Waals surface area contributed by atoms with Gasteiger partial charge in [-0.25, -0.2) is 0 Å². The number of benzene rings is 1. The minimum Gasteiger partial charge on any atom is -0.381 e. The van der Waals surface area contributed by atoms with E-state index in [4.69, 9.17) is 16.3 Å². The summed E-state index contributed by atoms with van der Waals surface area (Å²) in [6.07, 6.45) is 1.77. The van der Waals surface area contributed by atoms with Crippen LogP contribution in [0.25, 0.3) is 0 Å². The van der Waals surface area contributed by atoms with Crippen molar-refractivity contribution in [2.24, 2.45) is 0 Å². The van der Waals surface area contributed by atoms with Crippen LogP contribution in [0, 0.1) is 3.57 Å². The Morgan fingerprint density at radius 3 is 2.76 bits per heavy atom. The highest BCUT2D eigenvalue weighted by atomic mass is 127. The molecule has 0 unspecified atom stereocenters. The van der Waals surface area contributed by atoms with E-state index in [-0.39, 0.29) is 11.9 Å². The van der Waals surface area contributed by atoms with Gasteiger partial charge in [0.2, 0.25) is 0 Å². The van der Waals surface area contributed by atoms with Crippen LogP contribution < -0.4 is 5.32 Å². The minimum atomic E-state index is -0.0357. The van der Waals surface area contributed by atoms with Gasteiger partial charge < -0.3 is 10.1 Å². The number of halogens is 2. The molecule has 1 N–H and O–H groups in total. The summed E-state index contributed by atoms with van der Waals surface area (Å²) < 4.78 is 6.14. The van der Waals surface area contributed by atoms with Gasteiger partial charge in [-0.15, -0.1) is 0 Å². The Morgan fingerprint density at radius 2 is 2.12 bits per heavy atom. The molecule has 1 aromatic carbocycles. The van der Waals surface area contributed by atoms with Gasteiger partial charge in [0.15, 0.2) is 0 Å². The third-order valence-electron chi connectivity index (χ3n) is 2.74. The van der Waals surface area contributed by atoms with Gasteiger partial charge in [-0.2, -0.15) is 0 Å².